The molecule has 0 aromatic heterocycles. The Morgan fingerprint density at radius 2 is 1.94 bits per heavy atom. The van der Waals surface area contributed by atoms with Crippen LogP contribution >= 0.6 is 0 Å². The molecule has 3 heteroatoms. The summed E-state index contributed by atoms with van der Waals surface area (Å²) in [4.78, 5) is 2.55. The Hall–Kier alpha value is -0.120. The van der Waals surface area contributed by atoms with Gasteiger partial charge in [-0.25, -0.2) is 0 Å². The van der Waals surface area contributed by atoms with Gasteiger partial charge in [0.15, 0.2) is 0 Å². The molecule has 1 N–H and O–H groups in total. The molecule has 1 fully saturated rings. The SMILES string of the molecule is CCNCC(C)C(C)N(C)C1CCOCC1. The lowest BCUT2D eigenvalue weighted by molar-refractivity contribution is 0.0226. The average molecular weight is 228 g/mol. The van der Waals surface area contributed by atoms with Crippen molar-refractivity contribution in [3.05, 3.63) is 0 Å². The summed E-state index contributed by atoms with van der Waals surface area (Å²) in [7, 11) is 2.27. The van der Waals surface area contributed by atoms with Crippen molar-refractivity contribution in [1.29, 1.82) is 0 Å². The van der Waals surface area contributed by atoms with Crippen LogP contribution in [0.25, 0.3) is 0 Å². The van der Waals surface area contributed by atoms with Crippen LogP contribution in [-0.4, -0.2) is 50.3 Å². The Labute approximate surface area is 101 Å². The van der Waals surface area contributed by atoms with Crippen molar-refractivity contribution in [2.75, 3.05) is 33.4 Å². The van der Waals surface area contributed by atoms with Crippen molar-refractivity contribution >= 4 is 0 Å². The third-order valence-corrected chi connectivity index (χ3v) is 3.95. The maximum atomic E-state index is 5.42. The summed E-state index contributed by atoms with van der Waals surface area (Å²) in [5.74, 6) is 0.702. The number of ether oxygens (including phenoxy) is 1. The molecule has 1 aliphatic heterocycles. The monoisotopic (exact) mass is 228 g/mol. The van der Waals surface area contributed by atoms with Crippen LogP contribution in [0.4, 0.5) is 0 Å². The van der Waals surface area contributed by atoms with E-state index in [0.717, 1.165) is 26.3 Å². The molecule has 1 heterocycles. The molecule has 1 aliphatic rings. The van der Waals surface area contributed by atoms with Crippen LogP contribution in [0.2, 0.25) is 0 Å². The van der Waals surface area contributed by atoms with E-state index in [0.29, 0.717) is 18.0 Å². The number of nitrogens with zero attached hydrogens (tertiary/aromatic N) is 1. The number of rotatable bonds is 6. The van der Waals surface area contributed by atoms with Crippen LogP contribution in [0, 0.1) is 5.92 Å². The van der Waals surface area contributed by atoms with Gasteiger partial charge in [0.1, 0.15) is 0 Å². The highest BCUT2D eigenvalue weighted by Crippen LogP contribution is 2.18. The molecule has 2 unspecified atom stereocenters. The largest absolute Gasteiger partial charge is 0.381 e. The molecule has 0 amide bonds. The van der Waals surface area contributed by atoms with Crippen LogP contribution in [0.5, 0.6) is 0 Å². The minimum atomic E-state index is 0.641. The van der Waals surface area contributed by atoms with Gasteiger partial charge in [0.25, 0.3) is 0 Å². The fourth-order valence-electron chi connectivity index (χ4n) is 2.37. The lowest BCUT2D eigenvalue weighted by Crippen LogP contribution is -2.46. The van der Waals surface area contributed by atoms with Crippen molar-refractivity contribution in [3.8, 4) is 0 Å². The molecule has 1 rings (SSSR count). The molecular formula is C13H28N2O. The van der Waals surface area contributed by atoms with Gasteiger partial charge in [-0.1, -0.05) is 13.8 Å². The summed E-state index contributed by atoms with van der Waals surface area (Å²) in [6.45, 7) is 10.9. The van der Waals surface area contributed by atoms with E-state index in [-0.39, 0.29) is 0 Å². The first kappa shape index (κ1) is 13.9. The first-order valence-corrected chi connectivity index (χ1v) is 6.67. The highest BCUT2D eigenvalue weighted by atomic mass is 16.5. The summed E-state index contributed by atoms with van der Waals surface area (Å²) >= 11 is 0. The fraction of sp³-hybridized carbons (Fsp3) is 1.00. The molecule has 3 nitrogen and oxygen atoms in total. The van der Waals surface area contributed by atoms with Crippen LogP contribution in [0.3, 0.4) is 0 Å². The van der Waals surface area contributed by atoms with Crippen molar-refractivity contribution in [1.82, 2.24) is 10.2 Å². The lowest BCUT2D eigenvalue weighted by Gasteiger charge is -2.38. The van der Waals surface area contributed by atoms with E-state index in [2.05, 4.69) is 38.0 Å². The standard InChI is InChI=1S/C13H28N2O/c1-5-14-10-11(2)12(3)15(4)13-6-8-16-9-7-13/h11-14H,5-10H2,1-4H3. The van der Waals surface area contributed by atoms with Crippen molar-refractivity contribution in [3.63, 3.8) is 0 Å². The number of nitrogens with one attached hydrogen (secondary N) is 1. The zero-order valence-electron chi connectivity index (χ0n) is 11.3. The van der Waals surface area contributed by atoms with Crippen LogP contribution < -0.4 is 5.32 Å². The molecular weight excluding hydrogens is 200 g/mol. The van der Waals surface area contributed by atoms with E-state index in [1.807, 2.05) is 0 Å². The normalized spacial score (nSPS) is 22.3. The highest BCUT2D eigenvalue weighted by molar-refractivity contribution is 4.79. The Morgan fingerprint density at radius 1 is 1.31 bits per heavy atom. The lowest BCUT2D eigenvalue weighted by atomic mass is 9.98. The quantitative estimate of drug-likeness (QED) is 0.749. The summed E-state index contributed by atoms with van der Waals surface area (Å²) in [5, 5.41) is 3.44. The van der Waals surface area contributed by atoms with Gasteiger partial charge < -0.3 is 15.0 Å². The third-order valence-electron chi connectivity index (χ3n) is 3.95. The van der Waals surface area contributed by atoms with E-state index in [1.54, 1.807) is 0 Å². The van der Waals surface area contributed by atoms with E-state index in [1.165, 1.54) is 12.8 Å². The van der Waals surface area contributed by atoms with Gasteiger partial charge >= 0.3 is 0 Å². The minimum absolute atomic E-state index is 0.641. The third kappa shape index (κ3) is 4.04. The second-order valence-corrected chi connectivity index (χ2v) is 5.03. The minimum Gasteiger partial charge on any atom is -0.381 e. The Bertz CT molecular complexity index is 181. The Morgan fingerprint density at radius 3 is 2.50 bits per heavy atom. The van der Waals surface area contributed by atoms with Crippen molar-refractivity contribution in [2.24, 2.45) is 5.92 Å². The Kier molecular flexibility index (Phi) is 6.32. The van der Waals surface area contributed by atoms with Gasteiger partial charge in [-0.2, -0.15) is 0 Å². The van der Waals surface area contributed by atoms with E-state index < -0.39 is 0 Å². The van der Waals surface area contributed by atoms with Crippen molar-refractivity contribution < 1.29 is 4.74 Å². The first-order valence-electron chi connectivity index (χ1n) is 6.67. The molecule has 96 valence electrons. The van der Waals surface area contributed by atoms with Crippen LogP contribution in [-0.2, 0) is 4.74 Å². The Balaban J connectivity index is 2.35. The molecule has 0 radical (unpaired) electrons. The smallest absolute Gasteiger partial charge is 0.0480 e. The molecule has 0 aliphatic carbocycles. The predicted molar refractivity (Wildman–Crippen MR) is 68.8 cm³/mol. The zero-order valence-corrected chi connectivity index (χ0v) is 11.3. The highest BCUT2D eigenvalue weighted by Gasteiger charge is 2.25. The topological polar surface area (TPSA) is 24.5 Å². The number of hydrogen-bond donors (Lipinski definition) is 1. The van der Waals surface area contributed by atoms with Gasteiger partial charge in [-0.3, -0.25) is 0 Å². The second kappa shape index (κ2) is 7.25. The number of hydrogen-bond acceptors (Lipinski definition) is 3. The van der Waals surface area contributed by atoms with Gasteiger partial charge in [0.2, 0.25) is 0 Å². The summed E-state index contributed by atoms with van der Waals surface area (Å²) in [6, 6.07) is 1.36. The first-order chi connectivity index (χ1) is 7.66. The van der Waals surface area contributed by atoms with Crippen LogP contribution in [0.15, 0.2) is 0 Å². The average Bonchev–Trinajstić information content (AvgIpc) is 2.35. The maximum Gasteiger partial charge on any atom is 0.0480 e. The summed E-state index contributed by atoms with van der Waals surface area (Å²) in [6.07, 6.45) is 2.38. The van der Waals surface area contributed by atoms with Crippen molar-refractivity contribution in [2.45, 2.75) is 45.7 Å². The zero-order chi connectivity index (χ0) is 12.0. The maximum absolute atomic E-state index is 5.42. The molecule has 1 saturated heterocycles. The van der Waals surface area contributed by atoms with E-state index in [9.17, 15) is 0 Å². The second-order valence-electron chi connectivity index (χ2n) is 5.03. The molecule has 0 aromatic rings. The molecule has 2 atom stereocenters. The molecule has 0 saturated carbocycles. The van der Waals surface area contributed by atoms with Gasteiger partial charge in [-0.15, -0.1) is 0 Å². The molecule has 16 heavy (non-hydrogen) atoms. The van der Waals surface area contributed by atoms with Gasteiger partial charge in [0.05, 0.1) is 0 Å². The van der Waals surface area contributed by atoms with E-state index >= 15 is 0 Å². The summed E-state index contributed by atoms with van der Waals surface area (Å²) < 4.78 is 5.42. The molecule has 0 bridgehead atoms. The fourth-order valence-corrected chi connectivity index (χ4v) is 2.37. The molecule has 0 aromatic carbocycles. The van der Waals surface area contributed by atoms with Gasteiger partial charge in [0, 0.05) is 25.3 Å². The van der Waals surface area contributed by atoms with E-state index in [4.69, 9.17) is 4.74 Å². The molecule has 0 spiro atoms. The van der Waals surface area contributed by atoms with Gasteiger partial charge in [-0.05, 0) is 45.8 Å². The predicted octanol–water partition coefficient (Wildman–Crippen LogP) is 1.73. The van der Waals surface area contributed by atoms with Crippen LogP contribution in [0.1, 0.15) is 33.6 Å². The summed E-state index contributed by atoms with van der Waals surface area (Å²) in [5.41, 5.74) is 0.